The molecule has 8 nitrogen and oxygen atoms in total. The molecule has 0 aliphatic heterocycles. The van der Waals surface area contributed by atoms with E-state index in [9.17, 15) is 9.59 Å². The summed E-state index contributed by atoms with van der Waals surface area (Å²) in [6.45, 7) is 6.14. The third-order valence-corrected chi connectivity index (χ3v) is 3.89. The molecule has 0 saturated heterocycles. The van der Waals surface area contributed by atoms with Crippen LogP contribution in [-0.2, 0) is 12.0 Å². The molecular formula is C19H21N5O3. The first-order valence-corrected chi connectivity index (χ1v) is 8.44. The maximum absolute atomic E-state index is 12.4. The number of hydrogen-bond acceptors (Lipinski definition) is 5. The van der Waals surface area contributed by atoms with E-state index in [1.807, 2.05) is 26.8 Å². The lowest BCUT2D eigenvalue weighted by Gasteiger charge is -2.13. The average Bonchev–Trinajstić information content (AvgIpc) is 3.27. The third-order valence-electron chi connectivity index (χ3n) is 3.89. The van der Waals surface area contributed by atoms with Crippen LogP contribution in [0.2, 0.25) is 0 Å². The topological polar surface area (TPSA) is 116 Å². The van der Waals surface area contributed by atoms with Gasteiger partial charge in [-0.05, 0) is 12.1 Å². The molecule has 3 aromatic rings. The number of nitrogens with zero attached hydrogens (tertiary/aromatic N) is 3. The van der Waals surface area contributed by atoms with Gasteiger partial charge in [-0.15, -0.1) is 0 Å². The maximum atomic E-state index is 12.4. The number of hydrogen-bond donors (Lipinski definition) is 2. The summed E-state index contributed by atoms with van der Waals surface area (Å²) in [4.78, 5) is 28.3. The summed E-state index contributed by atoms with van der Waals surface area (Å²) >= 11 is 0. The Labute approximate surface area is 156 Å². The van der Waals surface area contributed by atoms with E-state index >= 15 is 0 Å². The number of amides is 2. The molecule has 0 saturated carbocycles. The quantitative estimate of drug-likeness (QED) is 0.717. The Kier molecular flexibility index (Phi) is 4.81. The second kappa shape index (κ2) is 7.06. The molecule has 0 radical (unpaired) electrons. The van der Waals surface area contributed by atoms with Crippen molar-refractivity contribution < 1.29 is 14.0 Å². The van der Waals surface area contributed by atoms with Gasteiger partial charge in [0.1, 0.15) is 11.5 Å². The van der Waals surface area contributed by atoms with E-state index in [0.29, 0.717) is 11.6 Å². The Hall–Kier alpha value is -3.42. The predicted molar refractivity (Wildman–Crippen MR) is 98.5 cm³/mol. The summed E-state index contributed by atoms with van der Waals surface area (Å²) in [6, 6.07) is 10.3. The van der Waals surface area contributed by atoms with Gasteiger partial charge >= 0.3 is 0 Å². The lowest BCUT2D eigenvalue weighted by atomic mass is 9.94. The zero-order valence-electron chi connectivity index (χ0n) is 15.4. The SMILES string of the molecule is CC(C)(C)c1cnc(CNC(=O)c2cc(C(N)=O)n(-c3ccccc3)n2)o1. The van der Waals surface area contributed by atoms with Gasteiger partial charge in [0.25, 0.3) is 11.8 Å². The van der Waals surface area contributed by atoms with E-state index in [2.05, 4.69) is 15.4 Å². The summed E-state index contributed by atoms with van der Waals surface area (Å²) in [6.07, 6.45) is 1.65. The van der Waals surface area contributed by atoms with Crippen LogP contribution in [0.15, 0.2) is 47.0 Å². The third kappa shape index (κ3) is 4.05. The number of oxazole rings is 1. The normalized spacial score (nSPS) is 11.4. The largest absolute Gasteiger partial charge is 0.443 e. The first kappa shape index (κ1) is 18.4. The van der Waals surface area contributed by atoms with E-state index in [0.717, 1.165) is 5.76 Å². The van der Waals surface area contributed by atoms with Crippen molar-refractivity contribution in [2.45, 2.75) is 32.7 Å². The van der Waals surface area contributed by atoms with E-state index in [1.54, 1.807) is 30.5 Å². The van der Waals surface area contributed by atoms with Crippen molar-refractivity contribution in [3.63, 3.8) is 0 Å². The van der Waals surface area contributed by atoms with Gasteiger partial charge in [0.15, 0.2) is 5.69 Å². The Morgan fingerprint density at radius 3 is 2.52 bits per heavy atom. The van der Waals surface area contributed by atoms with Gasteiger partial charge in [-0.3, -0.25) is 9.59 Å². The second-order valence-electron chi connectivity index (χ2n) is 7.08. The van der Waals surface area contributed by atoms with Crippen LogP contribution in [0.4, 0.5) is 0 Å². The van der Waals surface area contributed by atoms with E-state index in [-0.39, 0.29) is 23.3 Å². The minimum Gasteiger partial charge on any atom is -0.443 e. The molecule has 0 aliphatic rings. The van der Waals surface area contributed by atoms with Crippen molar-refractivity contribution in [3.8, 4) is 5.69 Å². The molecule has 2 heterocycles. The highest BCUT2D eigenvalue weighted by atomic mass is 16.4. The monoisotopic (exact) mass is 367 g/mol. The fourth-order valence-corrected chi connectivity index (χ4v) is 2.42. The molecule has 0 atom stereocenters. The van der Waals surface area contributed by atoms with Gasteiger partial charge in [0.05, 0.1) is 18.4 Å². The van der Waals surface area contributed by atoms with E-state index in [1.165, 1.54) is 10.7 Å². The molecule has 0 fully saturated rings. The molecule has 0 aliphatic carbocycles. The van der Waals surface area contributed by atoms with Crippen molar-refractivity contribution in [3.05, 3.63) is 65.6 Å². The van der Waals surface area contributed by atoms with E-state index in [4.69, 9.17) is 10.2 Å². The van der Waals surface area contributed by atoms with Crippen molar-refractivity contribution in [1.82, 2.24) is 20.1 Å². The molecule has 0 spiro atoms. The highest BCUT2D eigenvalue weighted by Crippen LogP contribution is 2.22. The van der Waals surface area contributed by atoms with Gasteiger partial charge < -0.3 is 15.5 Å². The fourth-order valence-electron chi connectivity index (χ4n) is 2.42. The number of nitrogens with two attached hydrogens (primary N) is 1. The first-order valence-electron chi connectivity index (χ1n) is 8.44. The number of rotatable bonds is 5. The molecule has 27 heavy (non-hydrogen) atoms. The van der Waals surface area contributed by atoms with Crippen molar-refractivity contribution in [1.29, 1.82) is 0 Å². The Balaban J connectivity index is 1.77. The predicted octanol–water partition coefficient (Wildman–Crippen LogP) is 2.19. The molecule has 1 aromatic carbocycles. The molecule has 3 N–H and O–H groups in total. The van der Waals surface area contributed by atoms with Gasteiger partial charge in [-0.2, -0.15) is 5.10 Å². The Bertz CT molecular complexity index is 967. The number of para-hydroxylation sites is 1. The summed E-state index contributed by atoms with van der Waals surface area (Å²) in [5, 5.41) is 6.90. The summed E-state index contributed by atoms with van der Waals surface area (Å²) in [7, 11) is 0. The number of carbonyl (C=O) groups excluding carboxylic acids is 2. The fraction of sp³-hybridized carbons (Fsp3) is 0.263. The van der Waals surface area contributed by atoms with Gasteiger partial charge in [0, 0.05) is 11.5 Å². The van der Waals surface area contributed by atoms with Crippen LogP contribution in [0.3, 0.4) is 0 Å². The number of carbonyl (C=O) groups is 2. The summed E-state index contributed by atoms with van der Waals surface area (Å²) in [5.74, 6) is -0.00220. The molecule has 8 heteroatoms. The Morgan fingerprint density at radius 1 is 1.22 bits per heavy atom. The van der Waals surface area contributed by atoms with Crippen molar-refractivity contribution >= 4 is 11.8 Å². The summed E-state index contributed by atoms with van der Waals surface area (Å²) in [5.41, 5.74) is 6.08. The zero-order valence-corrected chi connectivity index (χ0v) is 15.4. The van der Waals surface area contributed by atoms with Crippen LogP contribution < -0.4 is 11.1 Å². The molecule has 140 valence electrons. The van der Waals surface area contributed by atoms with Gasteiger partial charge in [-0.1, -0.05) is 39.0 Å². The van der Waals surface area contributed by atoms with E-state index < -0.39 is 11.8 Å². The van der Waals surface area contributed by atoms with Crippen molar-refractivity contribution in [2.75, 3.05) is 0 Å². The van der Waals surface area contributed by atoms with Crippen LogP contribution in [0, 0.1) is 0 Å². The number of nitrogens with one attached hydrogen (secondary N) is 1. The molecule has 0 bridgehead atoms. The lowest BCUT2D eigenvalue weighted by Crippen LogP contribution is -2.23. The smallest absolute Gasteiger partial charge is 0.272 e. The lowest BCUT2D eigenvalue weighted by molar-refractivity contribution is 0.0940. The zero-order chi connectivity index (χ0) is 19.6. The highest BCUT2D eigenvalue weighted by molar-refractivity contribution is 5.97. The maximum Gasteiger partial charge on any atom is 0.272 e. The molecule has 3 rings (SSSR count). The van der Waals surface area contributed by atoms with Crippen molar-refractivity contribution in [2.24, 2.45) is 5.73 Å². The second-order valence-corrected chi connectivity index (χ2v) is 7.08. The van der Waals surface area contributed by atoms with Crippen LogP contribution in [-0.4, -0.2) is 26.6 Å². The minimum absolute atomic E-state index is 0.0789. The highest BCUT2D eigenvalue weighted by Gasteiger charge is 2.21. The van der Waals surface area contributed by atoms with Gasteiger partial charge in [0.2, 0.25) is 5.89 Å². The van der Waals surface area contributed by atoms with Crippen LogP contribution in [0.25, 0.3) is 5.69 Å². The standard InChI is InChI=1S/C19H21N5O3/c1-19(2,3)15-10-21-16(27-15)11-22-18(26)13-9-14(17(20)25)24(23-13)12-7-5-4-6-8-12/h4-10H,11H2,1-3H3,(H2,20,25)(H,22,26). The minimum atomic E-state index is -0.673. The average molecular weight is 367 g/mol. The molecule has 2 aromatic heterocycles. The van der Waals surface area contributed by atoms with Crippen LogP contribution in [0.5, 0.6) is 0 Å². The number of primary amides is 1. The van der Waals surface area contributed by atoms with Crippen LogP contribution >= 0.6 is 0 Å². The number of benzene rings is 1. The first-order chi connectivity index (χ1) is 12.8. The number of aromatic nitrogens is 3. The Morgan fingerprint density at radius 2 is 1.93 bits per heavy atom. The molecule has 2 amide bonds. The van der Waals surface area contributed by atoms with Crippen LogP contribution in [0.1, 0.15) is 53.4 Å². The van der Waals surface area contributed by atoms with Gasteiger partial charge in [-0.25, -0.2) is 9.67 Å². The molecule has 0 unspecified atom stereocenters. The summed E-state index contributed by atoms with van der Waals surface area (Å²) < 4.78 is 6.99. The molecular weight excluding hydrogens is 346 g/mol.